The Labute approximate surface area is 66.8 Å². The van der Waals surface area contributed by atoms with Crippen LogP contribution in [0, 0.1) is 0 Å². The average molecular weight is 161 g/mol. The fraction of sp³-hybridized carbons (Fsp3) is 0.857. The van der Waals surface area contributed by atoms with Gasteiger partial charge in [-0.1, -0.05) is 12.1 Å². The molecule has 0 radical (unpaired) electrons. The van der Waals surface area contributed by atoms with Crippen molar-refractivity contribution in [3.63, 3.8) is 0 Å². The van der Waals surface area contributed by atoms with Crippen LogP contribution in [-0.2, 0) is 9.47 Å². The summed E-state index contributed by atoms with van der Waals surface area (Å²) in [7, 11) is 1.52. The summed E-state index contributed by atoms with van der Waals surface area (Å²) in [4.78, 5) is 0. The van der Waals surface area contributed by atoms with Gasteiger partial charge in [-0.2, -0.15) is 0 Å². The van der Waals surface area contributed by atoms with Crippen molar-refractivity contribution in [3.05, 3.63) is 0 Å². The summed E-state index contributed by atoms with van der Waals surface area (Å²) in [5.74, 6) is 0. The van der Waals surface area contributed by atoms with Crippen LogP contribution >= 0.6 is 0 Å². The van der Waals surface area contributed by atoms with Crippen LogP contribution < -0.4 is 0 Å². The monoisotopic (exact) mass is 161 g/mol. The van der Waals surface area contributed by atoms with E-state index in [4.69, 9.17) is 14.7 Å². The molecule has 0 amide bonds. The first-order valence-corrected chi connectivity index (χ1v) is 3.65. The molecule has 0 heterocycles. The second-order valence-corrected chi connectivity index (χ2v) is 1.97. The first kappa shape index (κ1) is 10.4. The molecule has 0 aliphatic heterocycles. The highest BCUT2D eigenvalue weighted by Gasteiger charge is 2.13. The van der Waals surface area contributed by atoms with Crippen LogP contribution in [0.3, 0.4) is 0 Å². The summed E-state index contributed by atoms with van der Waals surface area (Å²) >= 11 is 0. The molecule has 1 N–H and O–H groups in total. The lowest BCUT2D eigenvalue weighted by molar-refractivity contribution is -0.0744. The van der Waals surface area contributed by atoms with Crippen molar-refractivity contribution in [2.45, 2.75) is 26.6 Å². The van der Waals surface area contributed by atoms with Crippen LogP contribution in [0.25, 0.3) is 0 Å². The quantitative estimate of drug-likeness (QED) is 0.285. The zero-order chi connectivity index (χ0) is 8.69. The Balaban J connectivity index is 3.99. The first-order valence-electron chi connectivity index (χ1n) is 3.65. The summed E-state index contributed by atoms with van der Waals surface area (Å²) < 4.78 is 10.0. The fourth-order valence-corrected chi connectivity index (χ4v) is 0.736. The van der Waals surface area contributed by atoms with Gasteiger partial charge in [-0.3, -0.25) is 0 Å². The van der Waals surface area contributed by atoms with Gasteiger partial charge in [-0.05, 0) is 13.3 Å². The smallest absolute Gasteiger partial charge is 0.200 e. The minimum absolute atomic E-state index is 0.505. The molecule has 0 saturated carbocycles. The Hall–Kier alpha value is -0.610. The van der Waals surface area contributed by atoms with Gasteiger partial charge >= 0.3 is 0 Å². The maximum Gasteiger partial charge on any atom is 0.200 e. The molecule has 0 spiro atoms. The number of ether oxygens (including phenoxy) is 2. The van der Waals surface area contributed by atoms with E-state index in [0.717, 1.165) is 0 Å². The zero-order valence-electron chi connectivity index (χ0n) is 7.20. The van der Waals surface area contributed by atoms with E-state index in [1.165, 1.54) is 7.11 Å². The number of hydrogen-bond acceptors (Lipinski definition) is 4. The summed E-state index contributed by atoms with van der Waals surface area (Å²) in [5.41, 5.74) is 0.509. The predicted molar refractivity (Wildman–Crippen MR) is 41.9 cm³/mol. The molecule has 0 aromatic carbocycles. The van der Waals surface area contributed by atoms with Gasteiger partial charge in [-0.25, -0.2) is 0 Å². The standard InChI is InChI=1S/C7H15NO3/c1-4-6(8-9)7(10-3)11-5-2/h7,9H,4-5H2,1-3H3. The van der Waals surface area contributed by atoms with Gasteiger partial charge in [0, 0.05) is 13.7 Å². The third kappa shape index (κ3) is 3.34. The van der Waals surface area contributed by atoms with E-state index in [9.17, 15) is 0 Å². The minimum atomic E-state index is -0.505. The van der Waals surface area contributed by atoms with Crippen LogP contribution in [0.5, 0.6) is 0 Å². The van der Waals surface area contributed by atoms with E-state index in [1.54, 1.807) is 0 Å². The summed E-state index contributed by atoms with van der Waals surface area (Å²) in [5, 5.41) is 11.5. The molecule has 66 valence electrons. The Morgan fingerprint density at radius 2 is 2.18 bits per heavy atom. The molecule has 0 bridgehead atoms. The van der Waals surface area contributed by atoms with Crippen LogP contribution in [-0.4, -0.2) is 30.9 Å². The van der Waals surface area contributed by atoms with Gasteiger partial charge in [0.25, 0.3) is 0 Å². The molecule has 4 heteroatoms. The topological polar surface area (TPSA) is 51.0 Å². The number of nitrogens with zero attached hydrogens (tertiary/aromatic N) is 1. The maximum absolute atomic E-state index is 8.48. The van der Waals surface area contributed by atoms with E-state index in [-0.39, 0.29) is 0 Å². The normalized spacial score (nSPS) is 15.0. The number of oxime groups is 1. The molecule has 0 saturated heterocycles. The SMILES string of the molecule is CCOC(OC)C(CC)=NO. The van der Waals surface area contributed by atoms with Crippen molar-refractivity contribution in [1.29, 1.82) is 0 Å². The molecular weight excluding hydrogens is 146 g/mol. The van der Waals surface area contributed by atoms with Gasteiger partial charge in [0.2, 0.25) is 0 Å². The molecule has 0 rings (SSSR count). The van der Waals surface area contributed by atoms with Crippen molar-refractivity contribution < 1.29 is 14.7 Å². The molecule has 0 aliphatic rings. The van der Waals surface area contributed by atoms with Crippen molar-refractivity contribution in [2.75, 3.05) is 13.7 Å². The number of rotatable bonds is 5. The molecule has 0 aromatic rings. The predicted octanol–water partition coefficient (Wildman–Crippen LogP) is 1.24. The molecule has 0 aromatic heterocycles. The molecule has 0 fully saturated rings. The van der Waals surface area contributed by atoms with Crippen LogP contribution in [0.2, 0.25) is 0 Å². The number of hydrogen-bond donors (Lipinski definition) is 1. The maximum atomic E-state index is 8.48. The van der Waals surface area contributed by atoms with Crippen molar-refractivity contribution >= 4 is 5.71 Å². The second kappa shape index (κ2) is 6.12. The van der Waals surface area contributed by atoms with Gasteiger partial charge in [-0.15, -0.1) is 0 Å². The van der Waals surface area contributed by atoms with E-state index in [0.29, 0.717) is 18.7 Å². The van der Waals surface area contributed by atoms with E-state index in [1.807, 2.05) is 13.8 Å². The average Bonchev–Trinajstić information content (AvgIpc) is 2.05. The van der Waals surface area contributed by atoms with Crippen LogP contribution in [0.1, 0.15) is 20.3 Å². The lowest BCUT2D eigenvalue weighted by Crippen LogP contribution is -2.25. The van der Waals surface area contributed by atoms with Gasteiger partial charge in [0.05, 0.1) is 0 Å². The van der Waals surface area contributed by atoms with Crippen LogP contribution in [0.4, 0.5) is 0 Å². The van der Waals surface area contributed by atoms with E-state index < -0.39 is 6.29 Å². The molecule has 1 unspecified atom stereocenters. The molecule has 1 atom stereocenters. The van der Waals surface area contributed by atoms with Crippen molar-refractivity contribution in [1.82, 2.24) is 0 Å². The largest absolute Gasteiger partial charge is 0.411 e. The number of methoxy groups -OCH3 is 1. The molecule has 11 heavy (non-hydrogen) atoms. The summed E-state index contributed by atoms with van der Waals surface area (Å²) in [6, 6.07) is 0. The van der Waals surface area contributed by atoms with Gasteiger partial charge in [0.15, 0.2) is 6.29 Å². The highest BCUT2D eigenvalue weighted by atomic mass is 16.7. The Morgan fingerprint density at radius 3 is 2.45 bits per heavy atom. The molecule has 4 nitrogen and oxygen atoms in total. The Kier molecular flexibility index (Phi) is 5.78. The van der Waals surface area contributed by atoms with E-state index >= 15 is 0 Å². The van der Waals surface area contributed by atoms with Crippen LogP contribution in [0.15, 0.2) is 5.16 Å². The van der Waals surface area contributed by atoms with Crippen molar-refractivity contribution in [3.8, 4) is 0 Å². The van der Waals surface area contributed by atoms with Gasteiger partial charge < -0.3 is 14.7 Å². The lowest BCUT2D eigenvalue weighted by atomic mass is 10.3. The third-order valence-corrected chi connectivity index (χ3v) is 1.29. The Morgan fingerprint density at radius 1 is 1.55 bits per heavy atom. The third-order valence-electron chi connectivity index (χ3n) is 1.29. The first-order chi connectivity index (χ1) is 5.29. The Bertz CT molecular complexity index is 125. The molecular formula is C7H15NO3. The van der Waals surface area contributed by atoms with Gasteiger partial charge in [0.1, 0.15) is 5.71 Å². The highest BCUT2D eigenvalue weighted by Crippen LogP contribution is 2.00. The zero-order valence-corrected chi connectivity index (χ0v) is 7.20. The second-order valence-electron chi connectivity index (χ2n) is 1.97. The lowest BCUT2D eigenvalue weighted by Gasteiger charge is -2.14. The fourth-order valence-electron chi connectivity index (χ4n) is 0.736. The highest BCUT2D eigenvalue weighted by molar-refractivity contribution is 5.86. The van der Waals surface area contributed by atoms with Crippen molar-refractivity contribution in [2.24, 2.45) is 5.16 Å². The molecule has 0 aliphatic carbocycles. The summed E-state index contributed by atoms with van der Waals surface area (Å²) in [6.07, 6.45) is 0.115. The summed E-state index contributed by atoms with van der Waals surface area (Å²) in [6.45, 7) is 4.27. The van der Waals surface area contributed by atoms with E-state index in [2.05, 4.69) is 5.16 Å². The minimum Gasteiger partial charge on any atom is -0.411 e.